The summed E-state index contributed by atoms with van der Waals surface area (Å²) in [5, 5.41) is 20.0. The van der Waals surface area contributed by atoms with Crippen LogP contribution < -0.4 is 15.0 Å². The zero-order chi connectivity index (χ0) is 30.8. The molecule has 1 saturated carbocycles. The Morgan fingerprint density at radius 2 is 1.74 bits per heavy atom. The number of rotatable bonds is 8. The van der Waals surface area contributed by atoms with E-state index in [1.54, 1.807) is 17.0 Å². The van der Waals surface area contributed by atoms with Crippen LogP contribution in [-0.4, -0.2) is 40.7 Å². The number of hydrogen-bond acceptors (Lipinski definition) is 6. The molecule has 2 fully saturated rings. The van der Waals surface area contributed by atoms with Gasteiger partial charge < -0.3 is 20.1 Å². The van der Waals surface area contributed by atoms with Gasteiger partial charge in [0.05, 0.1) is 23.8 Å². The number of anilines is 1. The Labute approximate surface area is 248 Å². The standard InChI is InChI=1S/C30H32N4O2.C2HF3O2/c31-18-24-12-14-27(17-29(24)36-21-22-7-3-1-4-8-22)34(30(35)28-15-16-32-28)20-26-13-11-25(19-33-26)23-9-5-2-6-10-23;3-2(4,5)1(6)7/h1,3-4,7-8,11-14,17,19,23,28,32H,2,5-6,9-10,15-16,20-21H2;(H,6,7)/t28-;/m1./s1. The van der Waals surface area contributed by atoms with Gasteiger partial charge in [-0.3, -0.25) is 9.78 Å². The summed E-state index contributed by atoms with van der Waals surface area (Å²) < 4.78 is 37.8. The number of nitriles is 1. The number of nitrogens with zero attached hydrogens (tertiary/aromatic N) is 3. The summed E-state index contributed by atoms with van der Waals surface area (Å²) in [5.74, 6) is -1.68. The van der Waals surface area contributed by atoms with Crippen LogP contribution in [0.15, 0.2) is 66.9 Å². The molecular weight excluding hydrogens is 561 g/mol. The zero-order valence-electron chi connectivity index (χ0n) is 23.5. The van der Waals surface area contributed by atoms with Crippen LogP contribution in [-0.2, 0) is 22.7 Å². The molecular formula is C32H33F3N4O4. The van der Waals surface area contributed by atoms with Gasteiger partial charge in [-0.25, -0.2) is 4.79 Å². The monoisotopic (exact) mass is 594 g/mol. The van der Waals surface area contributed by atoms with Crippen molar-refractivity contribution in [3.63, 3.8) is 0 Å². The molecule has 1 atom stereocenters. The van der Waals surface area contributed by atoms with Gasteiger partial charge in [0.1, 0.15) is 18.4 Å². The molecule has 11 heteroatoms. The number of aliphatic carboxylic acids is 1. The maximum Gasteiger partial charge on any atom is 0.490 e. The summed E-state index contributed by atoms with van der Waals surface area (Å²) in [6, 6.07) is 21.4. The molecule has 5 rings (SSSR count). The first-order valence-electron chi connectivity index (χ1n) is 14.2. The van der Waals surface area contributed by atoms with Gasteiger partial charge in [-0.2, -0.15) is 18.4 Å². The summed E-state index contributed by atoms with van der Waals surface area (Å²) in [7, 11) is 0. The van der Waals surface area contributed by atoms with E-state index >= 15 is 0 Å². The number of carbonyl (C=O) groups excluding carboxylic acids is 1. The van der Waals surface area contributed by atoms with E-state index in [9.17, 15) is 23.2 Å². The maximum atomic E-state index is 13.4. The number of halogens is 3. The van der Waals surface area contributed by atoms with Gasteiger partial charge in [0.25, 0.3) is 0 Å². The van der Waals surface area contributed by atoms with Crippen molar-refractivity contribution in [2.75, 3.05) is 11.4 Å². The smallest absolute Gasteiger partial charge is 0.487 e. The average molecular weight is 595 g/mol. The Bertz CT molecular complexity index is 1420. The van der Waals surface area contributed by atoms with Crippen molar-refractivity contribution in [3.8, 4) is 11.8 Å². The molecule has 1 aliphatic heterocycles. The minimum absolute atomic E-state index is 0.0122. The van der Waals surface area contributed by atoms with Crippen molar-refractivity contribution < 1.29 is 32.6 Å². The summed E-state index contributed by atoms with van der Waals surface area (Å²) >= 11 is 0. The number of carboxylic acids is 1. The topological polar surface area (TPSA) is 116 Å². The van der Waals surface area contributed by atoms with Crippen molar-refractivity contribution in [2.24, 2.45) is 0 Å². The van der Waals surface area contributed by atoms with E-state index in [4.69, 9.17) is 19.6 Å². The summed E-state index contributed by atoms with van der Waals surface area (Å²) in [5.41, 5.74) is 4.30. The van der Waals surface area contributed by atoms with E-state index in [1.165, 1.54) is 37.7 Å². The number of benzene rings is 2. The fourth-order valence-corrected chi connectivity index (χ4v) is 4.98. The third kappa shape index (κ3) is 8.78. The molecule has 0 unspecified atom stereocenters. The van der Waals surface area contributed by atoms with E-state index in [0.717, 1.165) is 24.2 Å². The first-order valence-corrected chi connectivity index (χ1v) is 14.2. The number of ether oxygens (including phenoxy) is 1. The quantitative estimate of drug-likeness (QED) is 0.323. The molecule has 3 aromatic rings. The molecule has 226 valence electrons. The van der Waals surface area contributed by atoms with Crippen LogP contribution >= 0.6 is 0 Å². The van der Waals surface area contributed by atoms with Gasteiger partial charge in [0.2, 0.25) is 5.91 Å². The first-order chi connectivity index (χ1) is 20.7. The lowest BCUT2D eigenvalue weighted by molar-refractivity contribution is -0.192. The molecule has 0 radical (unpaired) electrons. The number of amides is 1. The van der Waals surface area contributed by atoms with E-state index in [0.29, 0.717) is 36.1 Å². The molecule has 1 aliphatic carbocycles. The van der Waals surface area contributed by atoms with Crippen molar-refractivity contribution in [2.45, 2.75) is 69.8 Å². The molecule has 2 heterocycles. The third-order valence-corrected chi connectivity index (χ3v) is 7.51. The van der Waals surface area contributed by atoms with Crippen LogP contribution in [0.25, 0.3) is 0 Å². The lowest BCUT2D eigenvalue weighted by Crippen LogP contribution is -2.54. The van der Waals surface area contributed by atoms with E-state index in [2.05, 4.69) is 23.5 Å². The second-order valence-electron chi connectivity index (χ2n) is 10.5. The van der Waals surface area contributed by atoms with Crippen LogP contribution in [0.3, 0.4) is 0 Å². The second-order valence-corrected chi connectivity index (χ2v) is 10.5. The van der Waals surface area contributed by atoms with Gasteiger partial charge in [0.15, 0.2) is 0 Å². The molecule has 43 heavy (non-hydrogen) atoms. The summed E-state index contributed by atoms with van der Waals surface area (Å²) in [4.78, 5) is 28.8. The van der Waals surface area contributed by atoms with Gasteiger partial charge in [-0.05, 0) is 61.1 Å². The predicted octanol–water partition coefficient (Wildman–Crippen LogP) is 6.11. The zero-order valence-corrected chi connectivity index (χ0v) is 23.5. The average Bonchev–Trinajstić information content (AvgIpc) is 2.99. The minimum atomic E-state index is -5.08. The van der Waals surface area contributed by atoms with E-state index in [1.807, 2.05) is 42.6 Å². The highest BCUT2D eigenvalue weighted by Gasteiger charge is 2.38. The Balaban J connectivity index is 0.000000541. The van der Waals surface area contributed by atoms with Crippen molar-refractivity contribution in [3.05, 3.63) is 89.2 Å². The number of carboxylic acid groups (broad SMARTS) is 1. The molecule has 0 bridgehead atoms. The fourth-order valence-electron chi connectivity index (χ4n) is 4.98. The second kappa shape index (κ2) is 14.6. The summed E-state index contributed by atoms with van der Waals surface area (Å²) in [6.07, 6.45) is 4.09. The Morgan fingerprint density at radius 3 is 2.30 bits per heavy atom. The van der Waals surface area contributed by atoms with Crippen LogP contribution in [0, 0.1) is 11.3 Å². The fraction of sp³-hybridized carbons (Fsp3) is 0.375. The summed E-state index contributed by atoms with van der Waals surface area (Å²) in [6.45, 7) is 1.56. The highest BCUT2D eigenvalue weighted by molar-refractivity contribution is 5.98. The van der Waals surface area contributed by atoms with Gasteiger partial charge in [-0.15, -0.1) is 0 Å². The molecule has 2 N–H and O–H groups in total. The Kier molecular flexibility index (Phi) is 10.7. The Morgan fingerprint density at radius 1 is 1.05 bits per heavy atom. The number of nitrogens with one attached hydrogen (secondary N) is 1. The maximum absolute atomic E-state index is 13.4. The highest BCUT2D eigenvalue weighted by atomic mass is 19.4. The van der Waals surface area contributed by atoms with Crippen LogP contribution in [0.2, 0.25) is 0 Å². The number of carbonyl (C=O) groups is 2. The van der Waals surface area contributed by atoms with E-state index < -0.39 is 12.1 Å². The molecule has 2 aromatic carbocycles. The van der Waals surface area contributed by atoms with Crippen molar-refractivity contribution in [1.82, 2.24) is 10.3 Å². The van der Waals surface area contributed by atoms with Crippen LogP contribution in [0.5, 0.6) is 5.75 Å². The first kappa shape index (κ1) is 31.5. The van der Waals surface area contributed by atoms with Gasteiger partial charge in [-0.1, -0.05) is 55.7 Å². The lowest BCUT2D eigenvalue weighted by Gasteiger charge is -2.33. The molecule has 1 saturated heterocycles. The number of pyridine rings is 1. The number of alkyl halides is 3. The largest absolute Gasteiger partial charge is 0.490 e. The van der Waals surface area contributed by atoms with E-state index in [-0.39, 0.29) is 11.9 Å². The highest BCUT2D eigenvalue weighted by Crippen LogP contribution is 2.33. The molecule has 0 spiro atoms. The number of hydrogen-bond donors (Lipinski definition) is 2. The van der Waals surface area contributed by atoms with Crippen LogP contribution in [0.4, 0.5) is 18.9 Å². The number of aromatic nitrogens is 1. The Hall–Kier alpha value is -4.43. The van der Waals surface area contributed by atoms with Gasteiger partial charge in [0, 0.05) is 18.0 Å². The molecule has 1 amide bonds. The SMILES string of the molecule is N#Cc1ccc(N(Cc2ccc(C3CCCCC3)cn2)C(=O)[C@H]2CCN2)cc1OCc1ccccc1.O=C(O)C(F)(F)F. The normalized spacial score (nSPS) is 16.6. The molecule has 1 aromatic heterocycles. The lowest BCUT2D eigenvalue weighted by atomic mass is 9.85. The molecule has 8 nitrogen and oxygen atoms in total. The van der Waals surface area contributed by atoms with Gasteiger partial charge >= 0.3 is 12.1 Å². The van der Waals surface area contributed by atoms with Crippen molar-refractivity contribution in [1.29, 1.82) is 5.26 Å². The van der Waals surface area contributed by atoms with Crippen LogP contribution in [0.1, 0.15) is 66.8 Å². The third-order valence-electron chi connectivity index (χ3n) is 7.51. The predicted molar refractivity (Wildman–Crippen MR) is 153 cm³/mol. The van der Waals surface area contributed by atoms with Crippen molar-refractivity contribution >= 4 is 17.6 Å². The molecule has 2 aliphatic rings. The minimum Gasteiger partial charge on any atom is -0.487 e.